The number of hydrogen-bond acceptors (Lipinski definition) is 2. The first-order valence-electron chi connectivity index (χ1n) is 7.85. The molecule has 0 fully saturated rings. The minimum atomic E-state index is -0.660. The Morgan fingerprint density at radius 2 is 1.39 bits per heavy atom. The van der Waals surface area contributed by atoms with Crippen molar-refractivity contribution in [2.45, 2.75) is 33.6 Å². The van der Waals surface area contributed by atoms with Crippen molar-refractivity contribution in [1.29, 1.82) is 0 Å². The predicted octanol–water partition coefficient (Wildman–Crippen LogP) is 3.70. The van der Waals surface area contributed by atoms with Crippen LogP contribution in [0.25, 0.3) is 0 Å². The third-order valence-electron chi connectivity index (χ3n) is 3.84. The molecular weight excluding hydrogens is 288 g/mol. The van der Waals surface area contributed by atoms with Gasteiger partial charge in [-0.1, -0.05) is 50.2 Å². The van der Waals surface area contributed by atoms with Gasteiger partial charge < -0.3 is 10.6 Å². The van der Waals surface area contributed by atoms with E-state index in [4.69, 9.17) is 0 Å². The van der Waals surface area contributed by atoms with Gasteiger partial charge in [0, 0.05) is 11.4 Å². The van der Waals surface area contributed by atoms with Gasteiger partial charge in [0.1, 0.15) is 0 Å². The Morgan fingerprint density at radius 3 is 1.96 bits per heavy atom. The van der Waals surface area contributed by atoms with Gasteiger partial charge in [-0.15, -0.1) is 0 Å². The van der Waals surface area contributed by atoms with Gasteiger partial charge in [0.2, 0.25) is 0 Å². The molecule has 0 spiro atoms. The zero-order valence-electron chi connectivity index (χ0n) is 13.8. The van der Waals surface area contributed by atoms with E-state index in [1.165, 1.54) is 0 Å². The summed E-state index contributed by atoms with van der Waals surface area (Å²) in [5.41, 5.74) is 4.37. The Hall–Kier alpha value is -2.62. The summed E-state index contributed by atoms with van der Waals surface area (Å²) in [4.78, 5) is 24.4. The Bertz CT molecular complexity index is 701. The van der Waals surface area contributed by atoms with Gasteiger partial charge in [-0.25, -0.2) is 0 Å². The van der Waals surface area contributed by atoms with Crippen LogP contribution in [0.15, 0.2) is 42.5 Å². The molecule has 23 heavy (non-hydrogen) atoms. The minimum Gasteiger partial charge on any atom is -0.318 e. The van der Waals surface area contributed by atoms with E-state index in [1.54, 1.807) is 6.07 Å². The fraction of sp³-hybridized carbons (Fsp3) is 0.263. The molecule has 0 aliphatic heterocycles. The van der Waals surface area contributed by atoms with Crippen LogP contribution < -0.4 is 10.6 Å². The van der Waals surface area contributed by atoms with Crippen LogP contribution in [0.2, 0.25) is 0 Å². The lowest BCUT2D eigenvalue weighted by Gasteiger charge is -2.14. The number of amides is 2. The summed E-state index contributed by atoms with van der Waals surface area (Å²) < 4.78 is 0. The molecule has 2 aromatic rings. The molecule has 0 radical (unpaired) electrons. The molecule has 0 saturated heterocycles. The molecule has 2 amide bonds. The smallest absolute Gasteiger partial charge is 0.314 e. The van der Waals surface area contributed by atoms with Crippen molar-refractivity contribution in [2.75, 3.05) is 10.6 Å². The number of carbonyl (C=O) groups excluding carboxylic acids is 2. The molecule has 4 nitrogen and oxygen atoms in total. The van der Waals surface area contributed by atoms with E-state index in [2.05, 4.69) is 10.6 Å². The van der Waals surface area contributed by atoms with Crippen molar-refractivity contribution in [3.8, 4) is 0 Å². The van der Waals surface area contributed by atoms with Crippen LogP contribution in [-0.4, -0.2) is 11.8 Å². The fourth-order valence-electron chi connectivity index (χ4n) is 2.47. The van der Waals surface area contributed by atoms with Crippen LogP contribution in [0.1, 0.15) is 30.5 Å². The molecule has 2 aromatic carbocycles. The summed E-state index contributed by atoms with van der Waals surface area (Å²) in [6.45, 7) is 5.94. The number of hydrogen-bond donors (Lipinski definition) is 2. The third-order valence-corrected chi connectivity index (χ3v) is 3.84. The highest BCUT2D eigenvalue weighted by molar-refractivity contribution is 6.43. The number of carbonyl (C=O) groups is 2. The lowest BCUT2D eigenvalue weighted by atomic mass is 10.0. The Labute approximate surface area is 136 Å². The predicted molar refractivity (Wildman–Crippen MR) is 93.6 cm³/mol. The van der Waals surface area contributed by atoms with Crippen LogP contribution in [0.3, 0.4) is 0 Å². The van der Waals surface area contributed by atoms with Crippen molar-refractivity contribution < 1.29 is 9.59 Å². The standard InChI is InChI=1S/C19H22N2O2/c1-4-14-10-8-11-15(5-2)17(14)21-19(23)18(22)20-16-12-7-6-9-13(16)3/h6-12H,4-5H2,1-3H3,(H,20,22)(H,21,23). The van der Waals surface area contributed by atoms with Crippen LogP contribution in [-0.2, 0) is 22.4 Å². The van der Waals surface area contributed by atoms with Gasteiger partial charge in [0.05, 0.1) is 0 Å². The zero-order chi connectivity index (χ0) is 16.8. The van der Waals surface area contributed by atoms with Crippen LogP contribution in [0.4, 0.5) is 11.4 Å². The highest BCUT2D eigenvalue weighted by Gasteiger charge is 2.17. The number of benzene rings is 2. The van der Waals surface area contributed by atoms with Crippen molar-refractivity contribution in [1.82, 2.24) is 0 Å². The molecule has 120 valence electrons. The van der Waals surface area contributed by atoms with Crippen molar-refractivity contribution in [3.63, 3.8) is 0 Å². The minimum absolute atomic E-state index is 0.646. The lowest BCUT2D eigenvalue weighted by Crippen LogP contribution is -2.30. The quantitative estimate of drug-likeness (QED) is 0.846. The summed E-state index contributed by atoms with van der Waals surface area (Å²) in [6.07, 6.45) is 1.59. The molecule has 4 heteroatoms. The molecule has 0 atom stereocenters. The van der Waals surface area contributed by atoms with Gasteiger partial charge >= 0.3 is 11.8 Å². The first kappa shape index (κ1) is 16.7. The van der Waals surface area contributed by atoms with Crippen LogP contribution >= 0.6 is 0 Å². The van der Waals surface area contributed by atoms with E-state index < -0.39 is 11.8 Å². The zero-order valence-corrected chi connectivity index (χ0v) is 13.8. The topological polar surface area (TPSA) is 58.2 Å². The first-order chi connectivity index (χ1) is 11.1. The largest absolute Gasteiger partial charge is 0.318 e. The molecule has 0 heterocycles. The summed E-state index contributed by atoms with van der Waals surface area (Å²) >= 11 is 0. The highest BCUT2D eigenvalue weighted by Crippen LogP contribution is 2.22. The van der Waals surface area contributed by atoms with Crippen LogP contribution in [0, 0.1) is 6.92 Å². The second kappa shape index (κ2) is 7.58. The van der Waals surface area contributed by atoms with Crippen molar-refractivity contribution in [2.24, 2.45) is 0 Å². The second-order valence-corrected chi connectivity index (χ2v) is 5.38. The average Bonchev–Trinajstić information content (AvgIpc) is 2.56. The Kier molecular flexibility index (Phi) is 5.52. The maximum Gasteiger partial charge on any atom is 0.314 e. The second-order valence-electron chi connectivity index (χ2n) is 5.38. The normalized spacial score (nSPS) is 10.2. The highest BCUT2D eigenvalue weighted by atomic mass is 16.2. The van der Waals surface area contributed by atoms with E-state index >= 15 is 0 Å². The summed E-state index contributed by atoms with van der Waals surface area (Å²) in [5, 5.41) is 5.42. The number of para-hydroxylation sites is 2. The summed E-state index contributed by atoms with van der Waals surface area (Å²) in [5.74, 6) is -1.31. The number of nitrogens with one attached hydrogen (secondary N) is 2. The number of aryl methyl sites for hydroxylation is 3. The molecule has 2 rings (SSSR count). The summed E-state index contributed by atoms with van der Waals surface area (Å²) in [7, 11) is 0. The number of anilines is 2. The van der Waals surface area contributed by atoms with Gasteiger partial charge in [0.25, 0.3) is 0 Å². The molecular formula is C19H22N2O2. The maximum atomic E-state index is 12.2. The Balaban J connectivity index is 2.16. The first-order valence-corrected chi connectivity index (χ1v) is 7.85. The SMILES string of the molecule is CCc1cccc(CC)c1NC(=O)C(=O)Nc1ccccc1C. The van der Waals surface area contributed by atoms with E-state index in [-0.39, 0.29) is 0 Å². The van der Waals surface area contributed by atoms with E-state index in [1.807, 2.05) is 57.2 Å². The van der Waals surface area contributed by atoms with E-state index in [9.17, 15) is 9.59 Å². The molecule has 2 N–H and O–H groups in total. The fourth-order valence-corrected chi connectivity index (χ4v) is 2.47. The molecule has 0 aliphatic rings. The molecule has 0 unspecified atom stereocenters. The summed E-state index contributed by atoms with van der Waals surface area (Å²) in [6, 6.07) is 13.3. The van der Waals surface area contributed by atoms with Gasteiger partial charge in [0.15, 0.2) is 0 Å². The van der Waals surface area contributed by atoms with Crippen molar-refractivity contribution >= 4 is 23.2 Å². The van der Waals surface area contributed by atoms with Crippen molar-refractivity contribution in [3.05, 3.63) is 59.2 Å². The van der Waals surface area contributed by atoms with Gasteiger partial charge in [-0.2, -0.15) is 0 Å². The third kappa shape index (κ3) is 3.97. The van der Waals surface area contributed by atoms with Gasteiger partial charge in [-0.05, 0) is 42.5 Å². The van der Waals surface area contributed by atoms with Crippen LogP contribution in [0.5, 0.6) is 0 Å². The average molecular weight is 310 g/mol. The number of rotatable bonds is 4. The molecule has 0 saturated carbocycles. The van der Waals surface area contributed by atoms with E-state index in [0.717, 1.165) is 35.2 Å². The molecule has 0 aliphatic carbocycles. The van der Waals surface area contributed by atoms with Gasteiger partial charge in [-0.3, -0.25) is 9.59 Å². The molecule has 0 bridgehead atoms. The monoisotopic (exact) mass is 310 g/mol. The lowest BCUT2D eigenvalue weighted by molar-refractivity contribution is -0.133. The maximum absolute atomic E-state index is 12.2. The Morgan fingerprint density at radius 1 is 0.826 bits per heavy atom. The van der Waals surface area contributed by atoms with E-state index in [0.29, 0.717) is 5.69 Å². The molecule has 0 aromatic heterocycles.